The van der Waals surface area contributed by atoms with E-state index in [1.165, 1.54) is 0 Å². The van der Waals surface area contributed by atoms with Gasteiger partial charge in [-0.25, -0.2) is 0 Å². The third-order valence-corrected chi connectivity index (χ3v) is 0. The maximum atomic E-state index is 8.53. The quantitative estimate of drug-likeness (QED) is 0.113. The van der Waals surface area contributed by atoms with Crippen molar-refractivity contribution < 1.29 is 202 Å². The Bertz CT molecular complexity index is 149. The summed E-state index contributed by atoms with van der Waals surface area (Å²) in [6.45, 7) is 0. The van der Waals surface area contributed by atoms with Crippen molar-refractivity contribution in [2.24, 2.45) is 0 Å². The molecule has 0 atom stereocenters. The second-order valence-electron chi connectivity index (χ2n) is 2.73. The molecule has 0 radical (unpaired) electrons. The Labute approximate surface area is 259 Å². The third kappa shape index (κ3) is 25300. The van der Waals surface area contributed by atoms with E-state index in [-0.39, 0.29) is 81.0 Å². The van der Waals surface area contributed by atoms with Crippen molar-refractivity contribution in [3.63, 3.8) is 0 Å². The first-order valence-corrected chi connectivity index (χ1v) is 6.15. The van der Waals surface area contributed by atoms with Crippen LogP contribution in [0.15, 0.2) is 0 Å². The van der Waals surface area contributed by atoms with E-state index in [0.717, 1.165) is 0 Å². The fraction of sp³-hybridized carbons (Fsp3) is 0. The molecular weight excluding hydrogens is 580 g/mol. The van der Waals surface area contributed by atoms with Crippen molar-refractivity contribution in [2.45, 2.75) is 0 Å². The minimum absolute atomic E-state index is 0. The van der Waals surface area contributed by atoms with Crippen LogP contribution in [-0.2, 0) is 0 Å². The van der Waals surface area contributed by atoms with E-state index in [1.54, 1.807) is 0 Å². The van der Waals surface area contributed by atoms with Gasteiger partial charge in [0.1, 0.15) is 0 Å². The minimum atomic E-state index is -2.67. The maximum absolute atomic E-state index is 8.53. The molecule has 0 heterocycles. The van der Waals surface area contributed by atoms with E-state index >= 15 is 0 Å². The van der Waals surface area contributed by atoms with Crippen LogP contribution in [0.2, 0.25) is 0 Å². The Morgan fingerprint density at radius 2 is 0.237 bits per heavy atom. The summed E-state index contributed by atoms with van der Waals surface area (Å²) in [4.78, 5) is 0. The monoisotopic (exact) mass is 612 g/mol. The minimum Gasteiger partial charge on any atom is -0.871 e. The molecule has 0 aliphatic carbocycles. The van der Waals surface area contributed by atoms with E-state index in [4.69, 9.17) is 121 Å². The van der Waals surface area contributed by atoms with E-state index in [9.17, 15) is 0 Å². The van der Waals surface area contributed by atoms with Crippen LogP contribution in [0.25, 0.3) is 0 Å². The molecule has 224 valence electrons. The Morgan fingerprint density at radius 3 is 0.237 bits per heavy atom. The molecule has 30 N–H and O–H groups in total. The van der Waals surface area contributed by atoms with Gasteiger partial charge >= 0.3 is 110 Å². The van der Waals surface area contributed by atoms with E-state index in [1.807, 2.05) is 0 Å². The molecule has 0 rings (SSSR count). The van der Waals surface area contributed by atoms with Crippen molar-refractivity contribution in [1.29, 1.82) is 0 Å². The Morgan fingerprint density at radius 1 is 0.237 bits per heavy atom. The molecule has 0 aromatic rings. The van der Waals surface area contributed by atoms with Gasteiger partial charge in [-0.2, -0.15) is 0 Å². The van der Waals surface area contributed by atoms with Crippen LogP contribution in [0.3, 0.4) is 0 Å². The van der Waals surface area contributed by atoms with Crippen molar-refractivity contribution in [1.82, 2.24) is 0 Å². The molecule has 28 nitrogen and oxygen atoms in total. The maximum Gasteiger partial charge on any atom is 1.00 e. The molecule has 0 amide bonds. The molecule has 0 spiro atoms. The Balaban J connectivity index is -0.0000000141. The van der Waals surface area contributed by atoms with Crippen LogP contribution >= 0.6 is 0 Å². The summed E-state index contributed by atoms with van der Waals surface area (Å²) in [5.41, 5.74) is 0. The molecule has 0 aliphatic heterocycles. The van der Waals surface area contributed by atoms with Gasteiger partial charge in [0.05, 0.1) is 7.32 Å². The van der Waals surface area contributed by atoms with E-state index in [0.29, 0.717) is 0 Å². The zero-order chi connectivity index (χ0) is 28.6. The SMILES string of the molecule is O.O.O.O.OB(O)O.OB(O)O.OB(O)O.OB(O)O.OB(O)O.OB(O)O.OB(O)O.[Na+].[Na+].[O-]B([O-])O. The molecule has 0 fully saturated rings. The van der Waals surface area contributed by atoms with Gasteiger partial charge in [-0.3, -0.25) is 0 Å². The molecule has 38 heteroatoms. The van der Waals surface area contributed by atoms with E-state index < -0.39 is 58.6 Å². The molecular formula is H30B8Na2O28. The van der Waals surface area contributed by atoms with Crippen LogP contribution in [0, 0.1) is 0 Å². The molecule has 0 aromatic carbocycles. The summed E-state index contributed by atoms with van der Waals surface area (Å²) >= 11 is 0. The number of rotatable bonds is 0. The van der Waals surface area contributed by atoms with Gasteiger partial charge in [-0.05, 0) is 0 Å². The molecule has 0 saturated carbocycles. The zero-order valence-corrected chi connectivity index (χ0v) is 23.3. The van der Waals surface area contributed by atoms with Crippen molar-refractivity contribution in [3.05, 3.63) is 0 Å². The largest absolute Gasteiger partial charge is 1.00 e. The van der Waals surface area contributed by atoms with Crippen molar-refractivity contribution in [2.75, 3.05) is 0 Å². The normalized spacial score (nSPS) is 5.68. The summed E-state index contributed by atoms with van der Waals surface area (Å²) in [5.74, 6) is 0. The summed E-state index contributed by atoms with van der Waals surface area (Å²) in [6, 6.07) is 0. The summed E-state index contributed by atoms with van der Waals surface area (Å²) < 4.78 is 0. The average molecular weight is 611 g/mol. The van der Waals surface area contributed by atoms with Crippen LogP contribution in [-0.4, -0.2) is 191 Å². The molecule has 0 saturated heterocycles. The fourth-order valence-electron chi connectivity index (χ4n) is 0. The van der Waals surface area contributed by atoms with Gasteiger partial charge in [0.2, 0.25) is 0 Å². The van der Waals surface area contributed by atoms with Gasteiger partial charge in [-0.1, -0.05) is 0 Å². The van der Waals surface area contributed by atoms with E-state index in [2.05, 4.69) is 0 Å². The second kappa shape index (κ2) is 83.3. The van der Waals surface area contributed by atoms with Gasteiger partial charge in [0.15, 0.2) is 0 Å². The molecule has 0 aromatic heterocycles. The number of hydrogen-bond acceptors (Lipinski definition) is 24. The van der Waals surface area contributed by atoms with Crippen LogP contribution in [0.4, 0.5) is 0 Å². The first-order valence-electron chi connectivity index (χ1n) is 6.15. The topological polar surface area (TPSA) is 617 Å². The predicted molar refractivity (Wildman–Crippen MR) is 109 cm³/mol. The van der Waals surface area contributed by atoms with Crippen molar-refractivity contribution >= 4 is 58.6 Å². The standard InChI is InChI=1S/7BH3O3.BHO3.2Na.4H2O/c8*2-1(3)4;;;;;;/h7*2-4H;2H;;;4*1H2/q;;;;;;;-2;2*+1;;;;. The smallest absolute Gasteiger partial charge is 0.871 e. The first-order chi connectivity index (χ1) is 13.9. The van der Waals surface area contributed by atoms with Gasteiger partial charge in [0.25, 0.3) is 0 Å². The molecule has 0 unspecified atom stereocenters. The second-order valence-corrected chi connectivity index (χ2v) is 2.73. The molecule has 0 aliphatic rings. The van der Waals surface area contributed by atoms with Gasteiger partial charge in [0, 0.05) is 0 Å². The summed E-state index contributed by atoms with van der Waals surface area (Å²) in [5, 5.41) is 174. The van der Waals surface area contributed by atoms with Crippen LogP contribution in [0.1, 0.15) is 0 Å². The first kappa shape index (κ1) is 90.1. The summed E-state index contributed by atoms with van der Waals surface area (Å²) in [6.07, 6.45) is 0. The number of hydrogen-bond donors (Lipinski definition) is 22. The van der Waals surface area contributed by atoms with Crippen molar-refractivity contribution in [3.8, 4) is 0 Å². The average Bonchev–Trinajstić information content (AvgIpc) is 2.30. The zero-order valence-electron chi connectivity index (χ0n) is 19.3. The fourth-order valence-corrected chi connectivity index (χ4v) is 0. The van der Waals surface area contributed by atoms with Gasteiger partial charge < -0.3 is 142 Å². The Hall–Kier alpha value is 1.40. The summed E-state index contributed by atoms with van der Waals surface area (Å²) in [7, 11) is -17.8. The van der Waals surface area contributed by atoms with Crippen LogP contribution < -0.4 is 69.2 Å². The van der Waals surface area contributed by atoms with Crippen LogP contribution in [0.5, 0.6) is 0 Å². The molecule has 38 heavy (non-hydrogen) atoms. The van der Waals surface area contributed by atoms with Gasteiger partial charge in [-0.15, -0.1) is 0 Å². The Kier molecular flexibility index (Phi) is 197. The predicted octanol–water partition coefficient (Wildman–Crippen LogP) is -27.0. The molecule has 0 bridgehead atoms. The third-order valence-electron chi connectivity index (χ3n) is 0.